The maximum Gasteiger partial charge on any atom is 0.220 e. The molecule has 1 aliphatic rings. The molecule has 0 aromatic heterocycles. The number of aliphatic hydroxyl groups excluding tert-OH is 5. The molecule has 7 unspecified atom stereocenters. The average Bonchev–Trinajstić information content (AvgIpc) is 3.36. The molecule has 1 saturated heterocycles. The molecule has 1 amide bonds. The minimum absolute atomic E-state index is 0.175. The van der Waals surface area contributed by atoms with Crippen LogP contribution in [0, 0.1) is 0 Å². The highest BCUT2D eigenvalue weighted by molar-refractivity contribution is 5.76. The largest absolute Gasteiger partial charge is 0.394 e. The van der Waals surface area contributed by atoms with Crippen molar-refractivity contribution >= 4 is 5.91 Å². The van der Waals surface area contributed by atoms with Gasteiger partial charge < -0.3 is 40.3 Å². The minimum atomic E-state index is -1.57. The van der Waals surface area contributed by atoms with Gasteiger partial charge >= 0.3 is 0 Å². The van der Waals surface area contributed by atoms with Crippen molar-refractivity contribution in [1.29, 1.82) is 0 Å². The maximum atomic E-state index is 13.0. The molecule has 1 rings (SSSR count). The monoisotopic (exact) mass is 988 g/mol. The summed E-state index contributed by atoms with van der Waals surface area (Å²) < 4.78 is 11.2. The lowest BCUT2D eigenvalue weighted by Crippen LogP contribution is -2.60. The summed E-state index contributed by atoms with van der Waals surface area (Å²) in [6, 6.07) is -0.803. The summed E-state index contributed by atoms with van der Waals surface area (Å²) in [5.74, 6) is -0.175. The van der Waals surface area contributed by atoms with E-state index in [2.05, 4.69) is 55.6 Å². The molecular weight excluding hydrogens is 875 g/mol. The van der Waals surface area contributed by atoms with Crippen LogP contribution in [0.4, 0.5) is 0 Å². The number of nitrogens with one attached hydrogen (secondary N) is 1. The number of unbranched alkanes of at least 4 members (excludes halogenated alkanes) is 35. The maximum absolute atomic E-state index is 13.0. The van der Waals surface area contributed by atoms with Crippen LogP contribution in [0.15, 0.2) is 48.6 Å². The SMILES string of the molecule is CCCCCCC/C=C\C/C=C\C/C=C\CCCCCCCCCCCCCCCCCCCCCCC(=O)NC(COC1OC(CO)C(O)C(O)C1O)C(O)/C=C/CCCCCCCCCCCC. The van der Waals surface area contributed by atoms with Gasteiger partial charge in [-0.05, 0) is 57.8 Å². The van der Waals surface area contributed by atoms with Crippen molar-refractivity contribution < 1.29 is 39.8 Å². The molecule has 70 heavy (non-hydrogen) atoms. The van der Waals surface area contributed by atoms with Crippen molar-refractivity contribution in [3.8, 4) is 0 Å². The first-order chi connectivity index (χ1) is 34.3. The van der Waals surface area contributed by atoms with Gasteiger partial charge in [0.05, 0.1) is 25.4 Å². The van der Waals surface area contributed by atoms with Crippen LogP contribution in [0.3, 0.4) is 0 Å². The van der Waals surface area contributed by atoms with Crippen LogP contribution in [-0.4, -0.2) is 87.5 Å². The fraction of sp³-hybridized carbons (Fsp3) is 0.852. The highest BCUT2D eigenvalue weighted by Crippen LogP contribution is 2.23. The summed E-state index contributed by atoms with van der Waals surface area (Å²) >= 11 is 0. The van der Waals surface area contributed by atoms with Gasteiger partial charge in [0.25, 0.3) is 0 Å². The summed E-state index contributed by atoms with van der Waals surface area (Å²) in [6.45, 7) is 3.77. The van der Waals surface area contributed by atoms with E-state index in [0.717, 1.165) is 51.4 Å². The lowest BCUT2D eigenvalue weighted by Gasteiger charge is -2.40. The second-order valence-electron chi connectivity index (χ2n) is 20.8. The Morgan fingerprint density at radius 2 is 0.843 bits per heavy atom. The van der Waals surface area contributed by atoms with E-state index in [1.807, 2.05) is 6.08 Å². The van der Waals surface area contributed by atoms with E-state index >= 15 is 0 Å². The van der Waals surface area contributed by atoms with Crippen molar-refractivity contribution in [1.82, 2.24) is 5.32 Å². The van der Waals surface area contributed by atoms with E-state index in [9.17, 15) is 30.3 Å². The Morgan fingerprint density at radius 3 is 1.24 bits per heavy atom. The molecule has 0 aromatic carbocycles. The summed E-state index contributed by atoms with van der Waals surface area (Å²) in [5.41, 5.74) is 0. The summed E-state index contributed by atoms with van der Waals surface area (Å²) in [4.78, 5) is 13.0. The first-order valence-corrected chi connectivity index (χ1v) is 29.9. The van der Waals surface area contributed by atoms with E-state index in [4.69, 9.17) is 9.47 Å². The number of hydrogen-bond donors (Lipinski definition) is 6. The summed E-state index contributed by atoms with van der Waals surface area (Å²) in [6.07, 6.45) is 60.6. The predicted octanol–water partition coefficient (Wildman–Crippen LogP) is 14.9. The van der Waals surface area contributed by atoms with Crippen LogP contribution < -0.4 is 5.32 Å². The van der Waals surface area contributed by atoms with Crippen molar-refractivity contribution in [3.63, 3.8) is 0 Å². The van der Waals surface area contributed by atoms with E-state index in [0.29, 0.717) is 6.42 Å². The Morgan fingerprint density at radius 1 is 0.486 bits per heavy atom. The Hall–Kier alpha value is -1.85. The smallest absolute Gasteiger partial charge is 0.220 e. The first-order valence-electron chi connectivity index (χ1n) is 29.9. The molecule has 6 N–H and O–H groups in total. The first kappa shape index (κ1) is 66.2. The Bertz CT molecular complexity index is 1240. The zero-order valence-electron chi connectivity index (χ0n) is 45.5. The standard InChI is InChI=1S/C61H113NO8/c1-3-5-7-9-11-13-15-17-18-19-20-21-22-23-24-25-26-27-28-29-30-31-32-33-34-35-36-37-38-39-41-43-45-47-49-51-57(65)62-54(53-69-61-60(68)59(67)58(66)56(52-63)70-61)55(64)50-48-46-44-42-40-16-14-12-10-8-6-4-2/h15,17,19-20,22-23,48,50,54-56,58-61,63-64,66-68H,3-14,16,18,21,24-47,49,51-53H2,1-2H3,(H,62,65)/b17-15-,20-19-,23-22-,50-48+. The van der Waals surface area contributed by atoms with Crippen LogP contribution in [0.2, 0.25) is 0 Å². The zero-order valence-corrected chi connectivity index (χ0v) is 45.5. The molecule has 0 bridgehead atoms. The molecule has 9 nitrogen and oxygen atoms in total. The normalized spacial score (nSPS) is 19.7. The second-order valence-corrected chi connectivity index (χ2v) is 20.8. The Labute approximate surface area is 431 Å². The van der Waals surface area contributed by atoms with Gasteiger partial charge in [0.2, 0.25) is 5.91 Å². The molecule has 7 atom stereocenters. The lowest BCUT2D eigenvalue weighted by atomic mass is 9.99. The molecule has 9 heteroatoms. The van der Waals surface area contributed by atoms with Crippen LogP contribution in [0.5, 0.6) is 0 Å². The van der Waals surface area contributed by atoms with Gasteiger partial charge in [0.1, 0.15) is 24.4 Å². The van der Waals surface area contributed by atoms with Crippen LogP contribution in [-0.2, 0) is 14.3 Å². The predicted molar refractivity (Wildman–Crippen MR) is 295 cm³/mol. The third-order valence-corrected chi connectivity index (χ3v) is 14.1. The van der Waals surface area contributed by atoms with Gasteiger partial charge in [0.15, 0.2) is 6.29 Å². The minimum Gasteiger partial charge on any atom is -0.394 e. The number of rotatable bonds is 51. The molecule has 410 valence electrons. The fourth-order valence-corrected chi connectivity index (χ4v) is 9.40. The number of allylic oxidation sites excluding steroid dienone is 7. The molecule has 0 radical (unpaired) electrons. The number of hydrogen-bond acceptors (Lipinski definition) is 8. The van der Waals surface area contributed by atoms with Gasteiger partial charge in [-0.15, -0.1) is 0 Å². The van der Waals surface area contributed by atoms with Crippen molar-refractivity contribution in [2.24, 2.45) is 0 Å². The third kappa shape index (κ3) is 39.7. The Balaban J connectivity index is 2.08. The molecule has 1 fully saturated rings. The Kier molecular flexibility index (Phi) is 47.9. The topological polar surface area (TPSA) is 149 Å². The van der Waals surface area contributed by atoms with Gasteiger partial charge in [0, 0.05) is 6.42 Å². The summed E-state index contributed by atoms with van der Waals surface area (Å²) in [7, 11) is 0. The van der Waals surface area contributed by atoms with Crippen LogP contribution in [0.1, 0.15) is 277 Å². The van der Waals surface area contributed by atoms with Gasteiger partial charge in [-0.25, -0.2) is 0 Å². The zero-order chi connectivity index (χ0) is 50.8. The fourth-order valence-electron chi connectivity index (χ4n) is 9.40. The molecule has 0 aliphatic carbocycles. The highest BCUT2D eigenvalue weighted by atomic mass is 16.7. The lowest BCUT2D eigenvalue weighted by molar-refractivity contribution is -0.302. The highest BCUT2D eigenvalue weighted by Gasteiger charge is 2.44. The van der Waals surface area contributed by atoms with Gasteiger partial charge in [-0.2, -0.15) is 0 Å². The van der Waals surface area contributed by atoms with E-state index in [1.54, 1.807) is 6.08 Å². The molecule has 0 aromatic rings. The van der Waals surface area contributed by atoms with Crippen molar-refractivity contribution in [2.75, 3.05) is 13.2 Å². The van der Waals surface area contributed by atoms with Gasteiger partial charge in [-0.1, -0.05) is 262 Å². The molecule has 1 heterocycles. The van der Waals surface area contributed by atoms with E-state index in [-0.39, 0.29) is 12.5 Å². The molecular formula is C61H113NO8. The third-order valence-electron chi connectivity index (χ3n) is 14.1. The molecule has 0 saturated carbocycles. The quantitative estimate of drug-likeness (QED) is 0.0261. The average molecular weight is 989 g/mol. The number of carbonyl (C=O) groups excluding carboxylic acids is 1. The number of aliphatic hydroxyl groups is 5. The second kappa shape index (κ2) is 50.7. The van der Waals surface area contributed by atoms with Crippen LogP contribution >= 0.6 is 0 Å². The van der Waals surface area contributed by atoms with Crippen LogP contribution in [0.25, 0.3) is 0 Å². The van der Waals surface area contributed by atoms with E-state index < -0.39 is 49.5 Å². The van der Waals surface area contributed by atoms with Gasteiger partial charge in [-0.3, -0.25) is 4.79 Å². The molecule has 0 spiro atoms. The number of amides is 1. The number of carbonyl (C=O) groups is 1. The van der Waals surface area contributed by atoms with E-state index in [1.165, 1.54) is 205 Å². The van der Waals surface area contributed by atoms with Crippen molar-refractivity contribution in [3.05, 3.63) is 48.6 Å². The number of ether oxygens (including phenoxy) is 2. The molecule has 1 aliphatic heterocycles. The summed E-state index contributed by atoms with van der Waals surface area (Å²) in [5, 5.41) is 54.4. The van der Waals surface area contributed by atoms with Crippen molar-refractivity contribution in [2.45, 2.75) is 320 Å².